The number of benzene rings is 1. The first kappa shape index (κ1) is 17.1. The first-order chi connectivity index (χ1) is 12.0. The summed E-state index contributed by atoms with van der Waals surface area (Å²) in [6, 6.07) is 10.1. The number of hydrogen-bond donors (Lipinski definition) is 1. The van der Waals surface area contributed by atoms with Crippen molar-refractivity contribution in [3.63, 3.8) is 0 Å². The van der Waals surface area contributed by atoms with Gasteiger partial charge in [0.05, 0.1) is 19.0 Å². The van der Waals surface area contributed by atoms with Gasteiger partial charge in [0.25, 0.3) is 0 Å². The molecule has 0 unspecified atom stereocenters. The van der Waals surface area contributed by atoms with Gasteiger partial charge in [0.2, 0.25) is 10.0 Å². The molecule has 0 saturated carbocycles. The highest BCUT2D eigenvalue weighted by atomic mass is 32.2. The van der Waals surface area contributed by atoms with E-state index in [0.717, 1.165) is 11.1 Å². The summed E-state index contributed by atoms with van der Waals surface area (Å²) in [4.78, 5) is 4.46. The second kappa shape index (κ2) is 7.04. The third kappa shape index (κ3) is 3.70. The van der Waals surface area contributed by atoms with Crippen LogP contribution in [0.3, 0.4) is 0 Å². The maximum atomic E-state index is 12.6. The lowest BCUT2D eigenvalue weighted by atomic mass is 10.1. The van der Waals surface area contributed by atoms with Crippen molar-refractivity contribution in [1.82, 2.24) is 19.5 Å². The molecule has 7 nitrogen and oxygen atoms in total. The number of para-hydroxylation sites is 1. The molecule has 0 spiro atoms. The van der Waals surface area contributed by atoms with Crippen LogP contribution < -0.4 is 9.46 Å². The van der Waals surface area contributed by atoms with Gasteiger partial charge in [-0.1, -0.05) is 18.2 Å². The molecule has 0 aliphatic carbocycles. The highest BCUT2D eigenvalue weighted by Gasteiger charge is 2.19. The zero-order valence-electron chi connectivity index (χ0n) is 13.9. The van der Waals surface area contributed by atoms with Crippen LogP contribution in [0.1, 0.15) is 5.56 Å². The summed E-state index contributed by atoms with van der Waals surface area (Å²) in [5.74, 6) is 0.300. The van der Waals surface area contributed by atoms with Gasteiger partial charge in [0.15, 0.2) is 0 Å². The minimum absolute atomic E-state index is 0.101. The molecule has 1 aromatic carbocycles. The van der Waals surface area contributed by atoms with E-state index >= 15 is 0 Å². The van der Waals surface area contributed by atoms with Crippen LogP contribution in [0, 0.1) is 0 Å². The van der Waals surface area contributed by atoms with Gasteiger partial charge in [-0.05, 0) is 23.8 Å². The monoisotopic (exact) mass is 358 g/mol. The predicted molar refractivity (Wildman–Crippen MR) is 93.5 cm³/mol. The second-order valence-electron chi connectivity index (χ2n) is 5.39. The molecule has 0 radical (unpaired) electrons. The van der Waals surface area contributed by atoms with Gasteiger partial charge in [-0.25, -0.2) is 13.1 Å². The van der Waals surface area contributed by atoms with Crippen LogP contribution in [0.4, 0.5) is 0 Å². The van der Waals surface area contributed by atoms with Crippen molar-refractivity contribution in [2.75, 3.05) is 7.11 Å². The van der Waals surface area contributed by atoms with Crippen LogP contribution in [0.5, 0.6) is 5.75 Å². The Hall–Kier alpha value is -2.71. The van der Waals surface area contributed by atoms with E-state index in [-0.39, 0.29) is 11.4 Å². The number of aryl methyl sites for hydroxylation is 1. The fourth-order valence-corrected chi connectivity index (χ4v) is 3.65. The maximum absolute atomic E-state index is 12.6. The molecule has 0 aliphatic rings. The summed E-state index contributed by atoms with van der Waals surface area (Å²) >= 11 is 0. The fourth-order valence-electron chi connectivity index (χ4n) is 2.48. The average Bonchev–Trinajstić information content (AvgIpc) is 3.06. The molecule has 130 valence electrons. The largest absolute Gasteiger partial charge is 0.495 e. The molecule has 0 amide bonds. The topological polar surface area (TPSA) is 86.1 Å². The zero-order chi connectivity index (χ0) is 17.9. The molecule has 0 bridgehead atoms. The first-order valence-electron chi connectivity index (χ1n) is 7.57. The average molecular weight is 358 g/mol. The molecule has 8 heteroatoms. The smallest absolute Gasteiger partial charge is 0.244 e. The maximum Gasteiger partial charge on any atom is 0.244 e. The Morgan fingerprint density at radius 2 is 2.00 bits per heavy atom. The van der Waals surface area contributed by atoms with Crippen molar-refractivity contribution in [3.8, 4) is 17.0 Å². The Morgan fingerprint density at radius 1 is 1.20 bits per heavy atom. The minimum Gasteiger partial charge on any atom is -0.495 e. The number of nitrogens with one attached hydrogen (secondary N) is 1. The van der Waals surface area contributed by atoms with Gasteiger partial charge in [-0.15, -0.1) is 0 Å². The highest BCUT2D eigenvalue weighted by molar-refractivity contribution is 7.89. The Labute approximate surface area is 146 Å². The third-order valence-electron chi connectivity index (χ3n) is 3.68. The molecule has 0 fully saturated rings. The van der Waals surface area contributed by atoms with Gasteiger partial charge in [-0.2, -0.15) is 5.10 Å². The van der Waals surface area contributed by atoms with Crippen molar-refractivity contribution in [1.29, 1.82) is 0 Å². The number of nitrogens with zero attached hydrogens (tertiary/aromatic N) is 3. The van der Waals surface area contributed by atoms with E-state index in [1.54, 1.807) is 41.3 Å². The fraction of sp³-hybridized carbons (Fsp3) is 0.176. The van der Waals surface area contributed by atoms with Crippen molar-refractivity contribution >= 4 is 10.0 Å². The number of hydrogen-bond acceptors (Lipinski definition) is 5. The number of ether oxygens (including phenoxy) is 1. The molecule has 3 rings (SSSR count). The Kier molecular flexibility index (Phi) is 4.82. The summed E-state index contributed by atoms with van der Waals surface area (Å²) in [5.41, 5.74) is 2.28. The summed E-state index contributed by atoms with van der Waals surface area (Å²) < 4.78 is 34.6. The number of rotatable bonds is 6. The van der Waals surface area contributed by atoms with Gasteiger partial charge in [-0.3, -0.25) is 9.67 Å². The van der Waals surface area contributed by atoms with Crippen LogP contribution in [-0.4, -0.2) is 30.3 Å². The lowest BCUT2D eigenvalue weighted by Gasteiger charge is -2.12. The molecule has 0 atom stereocenters. The standard InChI is InChI=1S/C17H18N4O3S/c1-21-12-14(10-19-21)17-13(6-5-9-18-17)11-20-25(22,23)16-8-4-3-7-15(16)24-2/h3-10,12,20H,11H2,1-2H3. The van der Waals surface area contributed by atoms with Crippen molar-refractivity contribution in [2.45, 2.75) is 11.4 Å². The third-order valence-corrected chi connectivity index (χ3v) is 5.12. The van der Waals surface area contributed by atoms with Crippen LogP contribution in [-0.2, 0) is 23.6 Å². The minimum atomic E-state index is -3.72. The summed E-state index contributed by atoms with van der Waals surface area (Å²) in [6.07, 6.45) is 5.20. The van der Waals surface area contributed by atoms with E-state index < -0.39 is 10.0 Å². The molecule has 0 aliphatic heterocycles. The first-order valence-corrected chi connectivity index (χ1v) is 9.05. The number of aromatic nitrogens is 3. The SMILES string of the molecule is COc1ccccc1S(=O)(=O)NCc1cccnc1-c1cnn(C)c1. The molecule has 3 aromatic rings. The van der Waals surface area contributed by atoms with E-state index in [2.05, 4.69) is 14.8 Å². The molecule has 25 heavy (non-hydrogen) atoms. The van der Waals surface area contributed by atoms with Crippen LogP contribution >= 0.6 is 0 Å². The van der Waals surface area contributed by atoms with Gasteiger partial charge in [0.1, 0.15) is 10.6 Å². The summed E-state index contributed by atoms with van der Waals surface area (Å²) in [6.45, 7) is 0.110. The van der Waals surface area contributed by atoms with Crippen molar-refractivity contribution in [2.24, 2.45) is 7.05 Å². The van der Waals surface area contributed by atoms with E-state index in [0.29, 0.717) is 11.4 Å². The van der Waals surface area contributed by atoms with Crippen LogP contribution in [0.25, 0.3) is 11.3 Å². The van der Waals surface area contributed by atoms with E-state index in [1.807, 2.05) is 19.3 Å². The normalized spacial score (nSPS) is 11.4. The molecule has 0 saturated heterocycles. The predicted octanol–water partition coefficient (Wildman–Crippen LogP) is 1.97. The molecular formula is C17H18N4O3S. The second-order valence-corrected chi connectivity index (χ2v) is 7.12. The molecule has 2 heterocycles. The zero-order valence-corrected chi connectivity index (χ0v) is 14.7. The quantitative estimate of drug-likeness (QED) is 0.728. The van der Waals surface area contributed by atoms with Gasteiger partial charge < -0.3 is 4.74 Å². The molecular weight excluding hydrogens is 340 g/mol. The summed E-state index contributed by atoms with van der Waals surface area (Å²) in [7, 11) is -0.462. The van der Waals surface area contributed by atoms with Crippen molar-refractivity contribution < 1.29 is 13.2 Å². The number of methoxy groups -OCH3 is 1. The Bertz CT molecular complexity index is 983. The van der Waals surface area contributed by atoms with Gasteiger partial charge in [0, 0.05) is 31.5 Å². The molecule has 1 N–H and O–H groups in total. The van der Waals surface area contributed by atoms with E-state index in [4.69, 9.17) is 4.74 Å². The lowest BCUT2D eigenvalue weighted by molar-refractivity contribution is 0.402. The molecule has 2 aromatic heterocycles. The van der Waals surface area contributed by atoms with E-state index in [9.17, 15) is 8.42 Å². The van der Waals surface area contributed by atoms with E-state index in [1.165, 1.54) is 13.2 Å². The number of pyridine rings is 1. The highest BCUT2D eigenvalue weighted by Crippen LogP contribution is 2.24. The Morgan fingerprint density at radius 3 is 2.72 bits per heavy atom. The lowest BCUT2D eigenvalue weighted by Crippen LogP contribution is -2.24. The Balaban J connectivity index is 1.87. The summed E-state index contributed by atoms with van der Waals surface area (Å²) in [5, 5.41) is 4.13. The van der Waals surface area contributed by atoms with Crippen LogP contribution in [0.15, 0.2) is 59.9 Å². The van der Waals surface area contributed by atoms with Crippen molar-refractivity contribution in [3.05, 3.63) is 60.6 Å². The van der Waals surface area contributed by atoms with Crippen LogP contribution in [0.2, 0.25) is 0 Å². The number of sulfonamides is 1. The van der Waals surface area contributed by atoms with Gasteiger partial charge >= 0.3 is 0 Å².